The monoisotopic (exact) mass is 231 g/mol. The van der Waals surface area contributed by atoms with E-state index in [4.69, 9.17) is 27.9 Å². The summed E-state index contributed by atoms with van der Waals surface area (Å²) in [7, 11) is 0. The van der Waals surface area contributed by atoms with Gasteiger partial charge in [-0.3, -0.25) is 4.79 Å². The van der Waals surface area contributed by atoms with Crippen molar-refractivity contribution in [3.8, 4) is 5.75 Å². The second kappa shape index (κ2) is 3.67. The molecule has 1 amide bonds. The topological polar surface area (TPSA) is 38.3 Å². The first kappa shape index (κ1) is 9.62. The maximum Gasteiger partial charge on any atom is 0.227 e. The van der Waals surface area contributed by atoms with E-state index < -0.39 is 0 Å². The van der Waals surface area contributed by atoms with Crippen molar-refractivity contribution in [2.75, 3.05) is 11.9 Å². The quantitative estimate of drug-likeness (QED) is 0.746. The zero-order valence-corrected chi connectivity index (χ0v) is 8.65. The van der Waals surface area contributed by atoms with Crippen molar-refractivity contribution in [2.45, 2.75) is 6.42 Å². The molecule has 1 aliphatic rings. The van der Waals surface area contributed by atoms with Crippen LogP contribution in [0.4, 0.5) is 5.69 Å². The number of halogens is 2. The Morgan fingerprint density at radius 2 is 2.00 bits per heavy atom. The minimum absolute atomic E-state index is 0.0814. The van der Waals surface area contributed by atoms with Gasteiger partial charge in [-0.1, -0.05) is 23.2 Å². The first-order chi connectivity index (χ1) is 6.66. The number of hydrogen-bond acceptors (Lipinski definition) is 2. The van der Waals surface area contributed by atoms with Crippen molar-refractivity contribution in [1.29, 1.82) is 0 Å². The second-order valence-corrected chi connectivity index (χ2v) is 3.72. The molecule has 2 rings (SSSR count). The summed E-state index contributed by atoms with van der Waals surface area (Å²) < 4.78 is 5.33. The normalized spacial score (nSPS) is 15.1. The molecule has 0 saturated carbocycles. The Balaban J connectivity index is 2.46. The van der Waals surface area contributed by atoms with Crippen molar-refractivity contribution in [2.24, 2.45) is 0 Å². The fourth-order valence-electron chi connectivity index (χ4n) is 1.21. The van der Waals surface area contributed by atoms with Gasteiger partial charge in [0.15, 0.2) is 0 Å². The van der Waals surface area contributed by atoms with E-state index in [1.807, 2.05) is 0 Å². The minimum atomic E-state index is -0.0814. The van der Waals surface area contributed by atoms with Gasteiger partial charge in [-0.05, 0) is 6.07 Å². The highest BCUT2D eigenvalue weighted by Crippen LogP contribution is 2.35. The van der Waals surface area contributed by atoms with Crippen molar-refractivity contribution in [1.82, 2.24) is 0 Å². The van der Waals surface area contributed by atoms with Crippen LogP contribution in [-0.2, 0) is 4.79 Å². The number of anilines is 1. The average molecular weight is 232 g/mol. The predicted octanol–water partition coefficient (Wildman–Crippen LogP) is 2.71. The molecule has 0 aromatic heterocycles. The van der Waals surface area contributed by atoms with Crippen LogP contribution in [0.1, 0.15) is 6.42 Å². The summed E-state index contributed by atoms with van der Waals surface area (Å²) in [4.78, 5) is 11.2. The van der Waals surface area contributed by atoms with Gasteiger partial charge in [0, 0.05) is 6.07 Å². The summed E-state index contributed by atoms with van der Waals surface area (Å²) in [6.45, 7) is 0.358. The van der Waals surface area contributed by atoms with Gasteiger partial charge in [0.25, 0.3) is 0 Å². The standard InChI is InChI=1S/C9H7Cl2NO2/c10-5-3-7-8(4-6(5)11)14-2-1-9(13)12-7/h3-4H,1-2H2,(H,12,13). The van der Waals surface area contributed by atoms with E-state index in [0.717, 1.165) is 0 Å². The number of carbonyl (C=O) groups excluding carboxylic acids is 1. The molecule has 1 aliphatic heterocycles. The Kier molecular flexibility index (Phi) is 2.52. The van der Waals surface area contributed by atoms with Crippen molar-refractivity contribution >= 4 is 34.8 Å². The lowest BCUT2D eigenvalue weighted by Gasteiger charge is -2.07. The van der Waals surface area contributed by atoms with Crippen molar-refractivity contribution < 1.29 is 9.53 Å². The molecule has 1 aromatic carbocycles. The summed E-state index contributed by atoms with van der Waals surface area (Å²) in [5.41, 5.74) is 0.571. The van der Waals surface area contributed by atoms with E-state index in [0.29, 0.717) is 34.5 Å². The lowest BCUT2D eigenvalue weighted by atomic mass is 10.3. The smallest absolute Gasteiger partial charge is 0.227 e. The van der Waals surface area contributed by atoms with Crippen LogP contribution in [0.15, 0.2) is 12.1 Å². The largest absolute Gasteiger partial charge is 0.491 e. The number of rotatable bonds is 0. The zero-order chi connectivity index (χ0) is 10.1. The Morgan fingerprint density at radius 3 is 2.79 bits per heavy atom. The highest BCUT2D eigenvalue weighted by Gasteiger charge is 2.15. The average Bonchev–Trinajstić information content (AvgIpc) is 2.28. The van der Waals surface area contributed by atoms with Crippen molar-refractivity contribution in [3.63, 3.8) is 0 Å². The van der Waals surface area contributed by atoms with Gasteiger partial charge < -0.3 is 10.1 Å². The van der Waals surface area contributed by atoms with Gasteiger partial charge in [-0.2, -0.15) is 0 Å². The number of carbonyl (C=O) groups is 1. The van der Waals surface area contributed by atoms with Crippen LogP contribution in [0.3, 0.4) is 0 Å². The highest BCUT2D eigenvalue weighted by atomic mass is 35.5. The molecule has 1 aromatic rings. The van der Waals surface area contributed by atoms with Gasteiger partial charge >= 0.3 is 0 Å². The maximum atomic E-state index is 11.2. The predicted molar refractivity (Wildman–Crippen MR) is 55.2 cm³/mol. The van der Waals surface area contributed by atoms with Crippen LogP contribution in [0.2, 0.25) is 10.0 Å². The molecular weight excluding hydrogens is 225 g/mol. The van der Waals surface area contributed by atoms with Crippen LogP contribution < -0.4 is 10.1 Å². The molecule has 0 spiro atoms. The fourth-order valence-corrected chi connectivity index (χ4v) is 1.53. The van der Waals surface area contributed by atoms with Crippen LogP contribution in [-0.4, -0.2) is 12.5 Å². The Morgan fingerprint density at radius 1 is 1.29 bits per heavy atom. The molecule has 0 atom stereocenters. The molecule has 5 heteroatoms. The lowest BCUT2D eigenvalue weighted by molar-refractivity contribution is -0.116. The molecule has 0 aliphatic carbocycles. The summed E-state index contributed by atoms with van der Waals surface area (Å²) >= 11 is 11.6. The van der Waals surface area contributed by atoms with E-state index in [1.165, 1.54) is 0 Å². The molecule has 0 radical (unpaired) electrons. The van der Waals surface area contributed by atoms with Gasteiger partial charge in [-0.15, -0.1) is 0 Å². The van der Waals surface area contributed by atoms with Crippen molar-refractivity contribution in [3.05, 3.63) is 22.2 Å². The van der Waals surface area contributed by atoms with E-state index in [-0.39, 0.29) is 5.91 Å². The molecule has 1 heterocycles. The number of hydrogen-bond donors (Lipinski definition) is 1. The zero-order valence-electron chi connectivity index (χ0n) is 7.14. The first-order valence-corrected chi connectivity index (χ1v) is 4.84. The summed E-state index contributed by atoms with van der Waals surface area (Å²) in [5, 5.41) is 3.50. The van der Waals surface area contributed by atoms with Gasteiger partial charge in [-0.25, -0.2) is 0 Å². The molecule has 0 bridgehead atoms. The fraction of sp³-hybridized carbons (Fsp3) is 0.222. The third-order valence-corrected chi connectivity index (χ3v) is 2.61. The lowest BCUT2D eigenvalue weighted by Crippen LogP contribution is -2.10. The van der Waals surface area contributed by atoms with Gasteiger partial charge in [0.05, 0.1) is 28.8 Å². The summed E-state index contributed by atoms with van der Waals surface area (Å²) in [6.07, 6.45) is 0.337. The Bertz CT molecular complexity index is 393. The molecule has 3 nitrogen and oxygen atoms in total. The molecule has 0 fully saturated rings. The van der Waals surface area contributed by atoms with Gasteiger partial charge in [0.2, 0.25) is 5.91 Å². The molecular formula is C9H7Cl2NO2. The number of amides is 1. The number of fused-ring (bicyclic) bond motifs is 1. The third kappa shape index (κ3) is 1.79. The Hall–Kier alpha value is -0.930. The number of ether oxygens (including phenoxy) is 1. The number of benzene rings is 1. The van der Waals surface area contributed by atoms with E-state index in [2.05, 4.69) is 5.32 Å². The SMILES string of the molecule is O=C1CCOc2cc(Cl)c(Cl)cc2N1. The molecule has 1 N–H and O–H groups in total. The molecule has 74 valence electrons. The molecule has 14 heavy (non-hydrogen) atoms. The highest BCUT2D eigenvalue weighted by molar-refractivity contribution is 6.42. The molecule has 0 saturated heterocycles. The maximum absolute atomic E-state index is 11.2. The van der Waals surface area contributed by atoms with Crippen LogP contribution in [0, 0.1) is 0 Å². The third-order valence-electron chi connectivity index (χ3n) is 1.88. The van der Waals surface area contributed by atoms with Gasteiger partial charge in [0.1, 0.15) is 5.75 Å². The summed E-state index contributed by atoms with van der Waals surface area (Å²) in [5.74, 6) is 0.479. The van der Waals surface area contributed by atoms with E-state index in [9.17, 15) is 4.79 Å². The van der Waals surface area contributed by atoms with Crippen LogP contribution in [0.25, 0.3) is 0 Å². The van der Waals surface area contributed by atoms with Crippen LogP contribution >= 0.6 is 23.2 Å². The summed E-state index contributed by atoms with van der Waals surface area (Å²) in [6, 6.07) is 3.19. The molecule has 0 unspecified atom stereocenters. The number of nitrogens with one attached hydrogen (secondary N) is 1. The van der Waals surface area contributed by atoms with Crippen LogP contribution in [0.5, 0.6) is 5.75 Å². The van der Waals surface area contributed by atoms with E-state index >= 15 is 0 Å². The Labute approximate surface area is 91.0 Å². The second-order valence-electron chi connectivity index (χ2n) is 2.91. The minimum Gasteiger partial charge on any atom is -0.491 e. The first-order valence-electron chi connectivity index (χ1n) is 4.08. The van der Waals surface area contributed by atoms with E-state index in [1.54, 1.807) is 12.1 Å².